The second-order valence-electron chi connectivity index (χ2n) is 4.85. The Morgan fingerprint density at radius 3 is 2.78 bits per heavy atom. The van der Waals surface area contributed by atoms with Crippen LogP contribution in [0.15, 0.2) is 18.2 Å². The molecule has 0 spiro atoms. The Bertz CT molecular complexity index is 395. The first kappa shape index (κ1) is 13.9. The number of likely N-dealkylation sites (tertiary alicyclic amines) is 1. The zero-order valence-electron chi connectivity index (χ0n) is 10.3. The van der Waals surface area contributed by atoms with E-state index in [1.165, 1.54) is 31.4 Å². The Labute approximate surface area is 115 Å². The van der Waals surface area contributed by atoms with Crippen LogP contribution in [0, 0.1) is 11.6 Å². The molecule has 100 valence electrons. The number of nitrogens with zero attached hydrogens (tertiary/aromatic N) is 1. The highest BCUT2D eigenvalue weighted by Crippen LogP contribution is 2.23. The molecule has 0 bridgehead atoms. The lowest BCUT2D eigenvalue weighted by Crippen LogP contribution is -2.39. The van der Waals surface area contributed by atoms with Gasteiger partial charge in [-0.2, -0.15) is 0 Å². The van der Waals surface area contributed by atoms with Gasteiger partial charge in [0.1, 0.15) is 0 Å². The molecule has 1 aromatic rings. The average Bonchev–Trinajstić information content (AvgIpc) is 2.37. The fourth-order valence-corrected chi connectivity index (χ4v) is 3.12. The van der Waals surface area contributed by atoms with Crippen LogP contribution < -0.4 is 0 Å². The summed E-state index contributed by atoms with van der Waals surface area (Å²) in [6, 6.07) is 4.77. The van der Waals surface area contributed by atoms with E-state index >= 15 is 0 Å². The number of alkyl halides is 1. The molecule has 0 aromatic heterocycles. The van der Waals surface area contributed by atoms with E-state index in [4.69, 9.17) is 0 Å². The van der Waals surface area contributed by atoms with Gasteiger partial charge in [0.05, 0.1) is 0 Å². The maximum absolute atomic E-state index is 13.2. The van der Waals surface area contributed by atoms with Crippen molar-refractivity contribution in [1.29, 1.82) is 0 Å². The van der Waals surface area contributed by atoms with E-state index in [-0.39, 0.29) is 0 Å². The maximum atomic E-state index is 13.2. The fraction of sp³-hybridized carbons (Fsp3) is 0.571. The Morgan fingerprint density at radius 1 is 1.22 bits per heavy atom. The smallest absolute Gasteiger partial charge is 0.159 e. The van der Waals surface area contributed by atoms with E-state index < -0.39 is 11.6 Å². The number of benzene rings is 1. The molecular formula is C14H18BrF2N. The number of halogens is 3. The molecule has 1 aliphatic rings. The van der Waals surface area contributed by atoms with Gasteiger partial charge < -0.3 is 0 Å². The molecule has 0 N–H and O–H groups in total. The van der Waals surface area contributed by atoms with Crippen LogP contribution in [-0.4, -0.2) is 22.8 Å². The van der Waals surface area contributed by atoms with Gasteiger partial charge >= 0.3 is 0 Å². The molecular weight excluding hydrogens is 300 g/mol. The van der Waals surface area contributed by atoms with Crippen molar-refractivity contribution in [3.05, 3.63) is 35.4 Å². The summed E-state index contributed by atoms with van der Waals surface area (Å²) < 4.78 is 26.1. The Kier molecular flexibility index (Phi) is 5.13. The SMILES string of the molecule is Fc1ccc(CN2CCCCC2CCBr)cc1F. The van der Waals surface area contributed by atoms with Gasteiger partial charge in [0.25, 0.3) is 0 Å². The summed E-state index contributed by atoms with van der Waals surface area (Å²) in [4.78, 5) is 2.39. The molecule has 0 radical (unpaired) electrons. The number of hydrogen-bond donors (Lipinski definition) is 0. The van der Waals surface area contributed by atoms with Crippen LogP contribution in [0.5, 0.6) is 0 Å². The summed E-state index contributed by atoms with van der Waals surface area (Å²) in [6.07, 6.45) is 4.79. The third kappa shape index (κ3) is 3.51. The highest BCUT2D eigenvalue weighted by molar-refractivity contribution is 9.09. The molecule has 1 fully saturated rings. The molecule has 18 heavy (non-hydrogen) atoms. The van der Waals surface area contributed by atoms with Crippen LogP contribution in [-0.2, 0) is 6.54 Å². The molecule has 0 aliphatic carbocycles. The van der Waals surface area contributed by atoms with Crippen molar-refractivity contribution >= 4 is 15.9 Å². The van der Waals surface area contributed by atoms with Gasteiger partial charge in [-0.3, -0.25) is 4.90 Å². The summed E-state index contributed by atoms with van der Waals surface area (Å²) >= 11 is 3.48. The van der Waals surface area contributed by atoms with Crippen LogP contribution in [0.2, 0.25) is 0 Å². The summed E-state index contributed by atoms with van der Waals surface area (Å²) in [5, 5.41) is 0.992. The van der Waals surface area contributed by atoms with Crippen molar-refractivity contribution in [2.75, 3.05) is 11.9 Å². The van der Waals surface area contributed by atoms with Crippen molar-refractivity contribution in [3.63, 3.8) is 0 Å². The molecule has 2 rings (SSSR count). The minimum Gasteiger partial charge on any atom is -0.296 e. The van der Waals surface area contributed by atoms with Crippen molar-refractivity contribution in [2.24, 2.45) is 0 Å². The lowest BCUT2D eigenvalue weighted by molar-refractivity contribution is 0.137. The van der Waals surface area contributed by atoms with Crippen molar-refractivity contribution in [1.82, 2.24) is 4.90 Å². The lowest BCUT2D eigenvalue weighted by Gasteiger charge is -2.35. The Balaban J connectivity index is 2.03. The van der Waals surface area contributed by atoms with Gasteiger partial charge in [0.2, 0.25) is 0 Å². The quantitative estimate of drug-likeness (QED) is 0.756. The van der Waals surface area contributed by atoms with E-state index in [9.17, 15) is 8.78 Å². The highest BCUT2D eigenvalue weighted by Gasteiger charge is 2.21. The Hall–Kier alpha value is -0.480. The molecule has 1 nitrogen and oxygen atoms in total. The van der Waals surface area contributed by atoms with Crippen LogP contribution in [0.25, 0.3) is 0 Å². The van der Waals surface area contributed by atoms with E-state index in [2.05, 4.69) is 20.8 Å². The van der Waals surface area contributed by atoms with Crippen molar-refractivity contribution < 1.29 is 8.78 Å². The topological polar surface area (TPSA) is 3.24 Å². The second kappa shape index (κ2) is 6.62. The molecule has 1 aromatic carbocycles. The molecule has 1 atom stereocenters. The molecule has 1 unspecified atom stereocenters. The monoisotopic (exact) mass is 317 g/mol. The van der Waals surface area contributed by atoms with Crippen LogP contribution in [0.4, 0.5) is 8.78 Å². The van der Waals surface area contributed by atoms with Crippen molar-refractivity contribution in [2.45, 2.75) is 38.3 Å². The van der Waals surface area contributed by atoms with Gasteiger partial charge in [-0.15, -0.1) is 0 Å². The van der Waals surface area contributed by atoms with Gasteiger partial charge in [0.15, 0.2) is 11.6 Å². The fourth-order valence-electron chi connectivity index (χ4n) is 2.59. The van der Waals surface area contributed by atoms with E-state index in [0.717, 1.165) is 30.4 Å². The first-order chi connectivity index (χ1) is 8.70. The second-order valence-corrected chi connectivity index (χ2v) is 5.64. The Morgan fingerprint density at radius 2 is 2.06 bits per heavy atom. The molecule has 1 heterocycles. The largest absolute Gasteiger partial charge is 0.296 e. The average molecular weight is 318 g/mol. The van der Waals surface area contributed by atoms with Crippen LogP contribution >= 0.6 is 15.9 Å². The highest BCUT2D eigenvalue weighted by atomic mass is 79.9. The van der Waals surface area contributed by atoms with Gasteiger partial charge in [-0.05, 0) is 43.5 Å². The van der Waals surface area contributed by atoms with Crippen LogP contribution in [0.3, 0.4) is 0 Å². The zero-order chi connectivity index (χ0) is 13.0. The minimum absolute atomic E-state index is 0.561. The first-order valence-corrected chi connectivity index (χ1v) is 7.57. The predicted molar refractivity (Wildman–Crippen MR) is 72.8 cm³/mol. The van der Waals surface area contributed by atoms with Crippen molar-refractivity contribution in [3.8, 4) is 0 Å². The van der Waals surface area contributed by atoms with E-state index in [0.29, 0.717) is 6.04 Å². The van der Waals surface area contributed by atoms with Gasteiger partial charge in [-0.25, -0.2) is 8.78 Å². The van der Waals surface area contributed by atoms with Crippen LogP contribution in [0.1, 0.15) is 31.2 Å². The first-order valence-electron chi connectivity index (χ1n) is 6.44. The number of piperidine rings is 1. The van der Waals surface area contributed by atoms with Gasteiger partial charge in [0, 0.05) is 17.9 Å². The maximum Gasteiger partial charge on any atom is 0.159 e. The zero-order valence-corrected chi connectivity index (χ0v) is 11.9. The number of hydrogen-bond acceptors (Lipinski definition) is 1. The number of rotatable bonds is 4. The predicted octanol–water partition coefficient (Wildman–Crippen LogP) is 4.10. The summed E-state index contributed by atoms with van der Waals surface area (Å²) in [5.41, 5.74) is 0.857. The lowest BCUT2D eigenvalue weighted by atomic mass is 9.99. The molecule has 4 heteroatoms. The minimum atomic E-state index is -0.769. The van der Waals surface area contributed by atoms with E-state index in [1.807, 2.05) is 0 Å². The summed E-state index contributed by atoms with van der Waals surface area (Å²) in [7, 11) is 0. The third-order valence-corrected chi connectivity index (χ3v) is 4.02. The molecule has 1 aliphatic heterocycles. The summed E-state index contributed by atoms with van der Waals surface area (Å²) in [6.45, 7) is 1.77. The van der Waals surface area contributed by atoms with Gasteiger partial charge in [-0.1, -0.05) is 28.4 Å². The normalized spacial score (nSPS) is 21.2. The molecule has 1 saturated heterocycles. The third-order valence-electron chi connectivity index (χ3n) is 3.56. The summed E-state index contributed by atoms with van der Waals surface area (Å²) in [5.74, 6) is -1.52. The molecule has 0 amide bonds. The van der Waals surface area contributed by atoms with E-state index in [1.54, 1.807) is 6.07 Å². The molecule has 0 saturated carbocycles. The standard InChI is InChI=1S/C14H18BrF2N/c15-7-6-12-3-1-2-8-18(12)10-11-4-5-13(16)14(17)9-11/h4-5,9,12H,1-3,6-8,10H2.